The van der Waals surface area contributed by atoms with Gasteiger partial charge in [-0.15, -0.1) is 0 Å². The Morgan fingerprint density at radius 1 is 1.32 bits per heavy atom. The first-order chi connectivity index (χ1) is 13.6. The fraction of sp³-hybridized carbons (Fsp3) is 0.136. The van der Waals surface area contributed by atoms with Crippen molar-refractivity contribution in [3.05, 3.63) is 84.3 Å². The van der Waals surface area contributed by atoms with Gasteiger partial charge in [0.25, 0.3) is 5.91 Å². The zero-order valence-corrected chi connectivity index (χ0v) is 16.0. The third kappa shape index (κ3) is 4.17. The van der Waals surface area contributed by atoms with Crippen LogP contribution in [0.2, 0.25) is 0 Å². The van der Waals surface area contributed by atoms with Crippen molar-refractivity contribution in [2.45, 2.75) is 20.4 Å². The summed E-state index contributed by atoms with van der Waals surface area (Å²) in [5, 5.41) is 9.40. The number of fused-ring (bicyclic) bond motifs is 1. The highest BCUT2D eigenvalue weighted by atomic mass is 16.1. The van der Waals surface area contributed by atoms with E-state index < -0.39 is 0 Å². The van der Waals surface area contributed by atoms with Gasteiger partial charge in [0, 0.05) is 24.0 Å². The van der Waals surface area contributed by atoms with Gasteiger partial charge in [0.2, 0.25) is 0 Å². The molecule has 2 aromatic rings. The number of hydrogen-bond donors (Lipinski definition) is 3. The number of pyridine rings is 1. The van der Waals surface area contributed by atoms with Crippen molar-refractivity contribution >= 4 is 28.8 Å². The Morgan fingerprint density at radius 2 is 2.18 bits per heavy atom. The van der Waals surface area contributed by atoms with Gasteiger partial charge < -0.3 is 16.0 Å². The molecule has 0 saturated carbocycles. The number of nitrogens with one attached hydrogen (secondary N) is 3. The Kier molecular flexibility index (Phi) is 6.01. The van der Waals surface area contributed by atoms with Crippen LogP contribution in [0.15, 0.2) is 72.7 Å². The molecule has 1 aromatic carbocycles. The molecule has 0 saturated heterocycles. The van der Waals surface area contributed by atoms with Gasteiger partial charge in [-0.25, -0.2) is 4.98 Å². The van der Waals surface area contributed by atoms with E-state index in [0.717, 1.165) is 28.2 Å². The number of carbonyl (C=O) groups is 1. The molecule has 1 aliphatic heterocycles. The topological polar surface area (TPSA) is 78.4 Å². The molecule has 1 aliphatic rings. The van der Waals surface area contributed by atoms with Crippen LogP contribution >= 0.6 is 0 Å². The van der Waals surface area contributed by atoms with Gasteiger partial charge >= 0.3 is 0 Å². The maximum absolute atomic E-state index is 12.5. The molecule has 1 aromatic heterocycles. The van der Waals surface area contributed by atoms with Gasteiger partial charge in [-0.1, -0.05) is 24.8 Å². The lowest BCUT2D eigenvalue weighted by Crippen LogP contribution is -2.13. The van der Waals surface area contributed by atoms with Gasteiger partial charge in [0.15, 0.2) is 0 Å². The third-order valence-electron chi connectivity index (χ3n) is 4.28. The number of benzene rings is 1. The second-order valence-electron chi connectivity index (χ2n) is 6.20. The van der Waals surface area contributed by atoms with Crippen LogP contribution in [0.1, 0.15) is 35.3 Å². The number of aromatic nitrogens is 1. The van der Waals surface area contributed by atoms with E-state index >= 15 is 0 Å². The Labute approximate surface area is 164 Å². The van der Waals surface area contributed by atoms with Gasteiger partial charge in [-0.3, -0.25) is 9.79 Å². The predicted molar refractivity (Wildman–Crippen MR) is 114 cm³/mol. The highest BCUT2D eigenvalue weighted by Crippen LogP contribution is 2.32. The Balaban J connectivity index is 2.06. The summed E-state index contributed by atoms with van der Waals surface area (Å²) in [4.78, 5) is 21.2. The summed E-state index contributed by atoms with van der Waals surface area (Å²) in [5.41, 5.74) is 4.79. The lowest BCUT2D eigenvalue weighted by atomic mass is 9.99. The Morgan fingerprint density at radius 3 is 2.89 bits per heavy atom. The first-order valence-corrected chi connectivity index (χ1v) is 9.01. The van der Waals surface area contributed by atoms with Crippen LogP contribution in [0.5, 0.6) is 0 Å². The van der Waals surface area contributed by atoms with Crippen LogP contribution in [-0.2, 0) is 6.54 Å². The van der Waals surface area contributed by atoms with Crippen molar-refractivity contribution in [3.8, 4) is 0 Å². The number of aliphatic imine (C=N–C) groups is 1. The van der Waals surface area contributed by atoms with Crippen molar-refractivity contribution in [2.75, 3.05) is 5.32 Å². The van der Waals surface area contributed by atoms with Crippen LogP contribution in [0.25, 0.3) is 5.70 Å². The molecule has 142 valence electrons. The number of allylic oxidation sites excluding steroid dienone is 2. The number of nitrogens with zero attached hydrogens (tertiary/aromatic N) is 2. The highest BCUT2D eigenvalue weighted by molar-refractivity contribution is 6.05. The molecule has 0 spiro atoms. The molecule has 0 radical (unpaired) electrons. The molecule has 6 nitrogen and oxygen atoms in total. The summed E-state index contributed by atoms with van der Waals surface area (Å²) in [5.74, 6) is 0.581. The van der Waals surface area contributed by atoms with E-state index in [-0.39, 0.29) is 5.91 Å². The maximum Gasteiger partial charge on any atom is 0.254 e. The lowest BCUT2D eigenvalue weighted by Gasteiger charge is -2.15. The molecular formula is C22H23N5O. The maximum atomic E-state index is 12.5. The average Bonchev–Trinajstić information content (AvgIpc) is 3.11. The van der Waals surface area contributed by atoms with Crippen molar-refractivity contribution in [3.63, 3.8) is 0 Å². The molecule has 0 unspecified atom stereocenters. The Hall–Kier alpha value is -3.67. The van der Waals surface area contributed by atoms with Gasteiger partial charge in [-0.05, 0) is 49.9 Å². The molecule has 2 heterocycles. The molecule has 28 heavy (non-hydrogen) atoms. The van der Waals surface area contributed by atoms with Crippen LogP contribution in [-0.4, -0.2) is 16.6 Å². The van der Waals surface area contributed by atoms with Crippen molar-refractivity contribution in [1.82, 2.24) is 15.6 Å². The summed E-state index contributed by atoms with van der Waals surface area (Å²) in [6.45, 7) is 8.00. The number of amides is 1. The standard InChI is InChI=1S/C22H23N5O/c1-4-11-23-19(14-25-15(3)5-2)16-9-10-18(21-17(16)13-26-22(21)28)27-20-8-6-7-12-24-20/h4-12,14,23H,2,13H2,1,3H3,(H,24,27)(H,26,28)/b11-4-,19-14-,25-15?. The number of carbonyl (C=O) groups excluding carboxylic acids is 1. The van der Waals surface area contributed by atoms with Crippen molar-refractivity contribution in [1.29, 1.82) is 0 Å². The lowest BCUT2D eigenvalue weighted by molar-refractivity contribution is 0.0966. The minimum Gasteiger partial charge on any atom is -0.360 e. The minimum atomic E-state index is -0.105. The van der Waals surface area contributed by atoms with E-state index in [9.17, 15) is 4.79 Å². The van der Waals surface area contributed by atoms with Gasteiger partial charge in [0.1, 0.15) is 5.82 Å². The molecular weight excluding hydrogens is 350 g/mol. The molecule has 0 fully saturated rings. The predicted octanol–water partition coefficient (Wildman–Crippen LogP) is 4.14. The van der Waals surface area contributed by atoms with E-state index in [1.54, 1.807) is 18.5 Å². The fourth-order valence-corrected chi connectivity index (χ4v) is 2.86. The Bertz CT molecular complexity index is 974. The number of rotatable bonds is 7. The van der Waals surface area contributed by atoms with Crippen LogP contribution in [0.3, 0.4) is 0 Å². The summed E-state index contributed by atoms with van der Waals surface area (Å²) in [6, 6.07) is 9.47. The van der Waals surface area contributed by atoms with E-state index in [0.29, 0.717) is 17.9 Å². The number of anilines is 2. The van der Waals surface area contributed by atoms with E-state index in [1.165, 1.54) is 0 Å². The van der Waals surface area contributed by atoms with Crippen LogP contribution < -0.4 is 16.0 Å². The zero-order chi connectivity index (χ0) is 19.9. The third-order valence-corrected chi connectivity index (χ3v) is 4.28. The van der Waals surface area contributed by atoms with Crippen molar-refractivity contribution < 1.29 is 4.79 Å². The highest BCUT2D eigenvalue weighted by Gasteiger charge is 2.26. The van der Waals surface area contributed by atoms with E-state index in [4.69, 9.17) is 0 Å². The van der Waals surface area contributed by atoms with Gasteiger partial charge in [-0.2, -0.15) is 0 Å². The molecule has 1 amide bonds. The number of hydrogen-bond acceptors (Lipinski definition) is 5. The molecule has 3 N–H and O–H groups in total. The second-order valence-corrected chi connectivity index (χ2v) is 6.20. The van der Waals surface area contributed by atoms with Crippen LogP contribution in [0.4, 0.5) is 11.5 Å². The van der Waals surface area contributed by atoms with Gasteiger partial charge in [0.05, 0.1) is 23.1 Å². The van der Waals surface area contributed by atoms with Crippen LogP contribution in [0, 0.1) is 0 Å². The molecule has 0 aliphatic carbocycles. The largest absolute Gasteiger partial charge is 0.360 e. The normalized spacial score (nSPS) is 14.0. The average molecular weight is 373 g/mol. The summed E-state index contributed by atoms with van der Waals surface area (Å²) in [7, 11) is 0. The zero-order valence-electron chi connectivity index (χ0n) is 16.0. The molecule has 3 rings (SSSR count). The summed E-state index contributed by atoms with van der Waals surface area (Å²) in [6.07, 6.45) is 8.89. The smallest absolute Gasteiger partial charge is 0.254 e. The molecule has 6 heteroatoms. The van der Waals surface area contributed by atoms with E-state index in [2.05, 4.69) is 32.5 Å². The SMILES string of the molecule is C=CC(C)=N/C=C(\N/C=C\C)c1ccc(Nc2ccccn2)c2c1CNC2=O. The summed E-state index contributed by atoms with van der Waals surface area (Å²) >= 11 is 0. The first-order valence-electron chi connectivity index (χ1n) is 9.01. The second kappa shape index (κ2) is 8.81. The minimum absolute atomic E-state index is 0.105. The van der Waals surface area contributed by atoms with E-state index in [1.807, 2.05) is 56.5 Å². The first kappa shape index (κ1) is 19.1. The van der Waals surface area contributed by atoms with Crippen molar-refractivity contribution in [2.24, 2.45) is 4.99 Å². The summed E-state index contributed by atoms with van der Waals surface area (Å²) < 4.78 is 0. The quantitative estimate of drug-likeness (QED) is 0.638. The monoisotopic (exact) mass is 373 g/mol. The molecule has 0 bridgehead atoms. The fourth-order valence-electron chi connectivity index (χ4n) is 2.86. The molecule has 0 atom stereocenters.